The average molecular weight is 407 g/mol. The van der Waals surface area contributed by atoms with Crippen LogP contribution in [-0.4, -0.2) is 26.9 Å². The number of fused-ring (bicyclic) bond motifs is 1. The van der Waals surface area contributed by atoms with Crippen LogP contribution in [0.25, 0.3) is 10.1 Å². The molecule has 1 saturated carbocycles. The molecule has 0 saturated heterocycles. The normalized spacial score (nSPS) is 21.5. The van der Waals surface area contributed by atoms with Crippen molar-refractivity contribution in [2.45, 2.75) is 37.4 Å². The van der Waals surface area contributed by atoms with Crippen molar-refractivity contribution in [1.29, 1.82) is 0 Å². The minimum atomic E-state index is -0.253. The van der Waals surface area contributed by atoms with E-state index < -0.39 is 0 Å². The summed E-state index contributed by atoms with van der Waals surface area (Å²) < 4.78 is 18.7. The lowest BCUT2D eigenvalue weighted by Gasteiger charge is -2.39. The molecule has 4 heteroatoms. The third-order valence-electron chi connectivity index (χ3n) is 5.77. The van der Waals surface area contributed by atoms with Crippen LogP contribution in [0, 0.1) is 11.8 Å². The van der Waals surface area contributed by atoms with Gasteiger partial charge < -0.3 is 14.2 Å². The maximum Gasteiger partial charge on any atom is 0.149 e. The molecule has 150 valence electrons. The van der Waals surface area contributed by atoms with E-state index in [1.807, 2.05) is 12.1 Å². The molecule has 1 heterocycles. The van der Waals surface area contributed by atoms with Gasteiger partial charge in [-0.05, 0) is 60.9 Å². The first-order valence-electron chi connectivity index (χ1n) is 10.0. The molecule has 0 unspecified atom stereocenters. The third kappa shape index (κ3) is 4.48. The molecule has 1 aromatic heterocycles. The zero-order chi connectivity index (χ0) is 20.1. The van der Waals surface area contributed by atoms with Crippen molar-refractivity contribution in [2.75, 3.05) is 20.8 Å². The number of benzene rings is 2. The Balaban J connectivity index is 1.41. The molecular formula is C25H26O3S. The van der Waals surface area contributed by atoms with Crippen molar-refractivity contribution in [3.63, 3.8) is 0 Å². The number of thiophene rings is 1. The van der Waals surface area contributed by atoms with Crippen LogP contribution in [0.5, 0.6) is 5.75 Å². The fourth-order valence-electron chi connectivity index (χ4n) is 4.06. The summed E-state index contributed by atoms with van der Waals surface area (Å²) in [6.07, 6.45) is 4.27. The zero-order valence-electron chi connectivity index (χ0n) is 16.9. The Bertz CT molecular complexity index is 986. The molecule has 3 aromatic rings. The van der Waals surface area contributed by atoms with Gasteiger partial charge in [0.2, 0.25) is 0 Å². The van der Waals surface area contributed by atoms with Gasteiger partial charge in [-0.3, -0.25) is 0 Å². The van der Waals surface area contributed by atoms with Crippen LogP contribution < -0.4 is 4.74 Å². The second-order valence-corrected chi connectivity index (χ2v) is 8.48. The highest BCUT2D eigenvalue weighted by Gasteiger charge is 2.37. The van der Waals surface area contributed by atoms with E-state index in [0.29, 0.717) is 12.7 Å². The topological polar surface area (TPSA) is 27.7 Å². The molecule has 3 nitrogen and oxygen atoms in total. The van der Waals surface area contributed by atoms with Crippen molar-refractivity contribution in [2.24, 2.45) is 0 Å². The summed E-state index contributed by atoms with van der Waals surface area (Å²) in [4.78, 5) is 1.07. The molecule has 0 radical (unpaired) electrons. The van der Waals surface area contributed by atoms with Gasteiger partial charge >= 0.3 is 0 Å². The average Bonchev–Trinajstić information content (AvgIpc) is 3.20. The van der Waals surface area contributed by atoms with Crippen LogP contribution in [-0.2, 0) is 15.1 Å². The quantitative estimate of drug-likeness (QED) is 0.504. The zero-order valence-corrected chi connectivity index (χ0v) is 17.8. The van der Waals surface area contributed by atoms with Gasteiger partial charge in [-0.15, -0.1) is 11.3 Å². The van der Waals surface area contributed by atoms with Gasteiger partial charge in [-0.1, -0.05) is 42.2 Å². The molecule has 0 spiro atoms. The van der Waals surface area contributed by atoms with Crippen LogP contribution in [0.2, 0.25) is 0 Å². The molecule has 1 fully saturated rings. The highest BCUT2D eigenvalue weighted by atomic mass is 32.1. The minimum absolute atomic E-state index is 0.253. The van der Waals surface area contributed by atoms with E-state index in [1.54, 1.807) is 25.6 Å². The highest BCUT2D eigenvalue weighted by molar-refractivity contribution is 7.19. The smallest absolute Gasteiger partial charge is 0.149 e. The third-order valence-corrected chi connectivity index (χ3v) is 6.80. The van der Waals surface area contributed by atoms with Gasteiger partial charge in [0.15, 0.2) is 0 Å². The number of hydrogen-bond donors (Lipinski definition) is 0. The molecule has 1 aliphatic carbocycles. The van der Waals surface area contributed by atoms with Crippen LogP contribution in [0.4, 0.5) is 0 Å². The number of rotatable bonds is 5. The summed E-state index contributed by atoms with van der Waals surface area (Å²) in [5, 5.41) is 1.24. The first kappa shape index (κ1) is 20.0. The second-order valence-electron chi connectivity index (χ2n) is 7.40. The summed E-state index contributed by atoms with van der Waals surface area (Å²) in [6.45, 7) is 0.365. The molecule has 0 bridgehead atoms. The van der Waals surface area contributed by atoms with Crippen LogP contribution in [0.3, 0.4) is 0 Å². The van der Waals surface area contributed by atoms with Gasteiger partial charge in [0.1, 0.15) is 12.4 Å². The van der Waals surface area contributed by atoms with Gasteiger partial charge in [-0.2, -0.15) is 0 Å². The summed E-state index contributed by atoms with van der Waals surface area (Å²) in [6, 6.07) is 18.7. The number of methoxy groups -OCH3 is 2. The van der Waals surface area contributed by atoms with E-state index in [0.717, 1.165) is 36.3 Å². The summed E-state index contributed by atoms with van der Waals surface area (Å²) in [5.74, 6) is 7.19. The second kappa shape index (κ2) is 9.00. The molecule has 29 heavy (non-hydrogen) atoms. The van der Waals surface area contributed by atoms with Crippen molar-refractivity contribution in [3.8, 4) is 17.6 Å². The molecule has 0 aliphatic heterocycles. The number of ether oxygens (including phenoxy) is 3. The molecule has 0 amide bonds. The van der Waals surface area contributed by atoms with E-state index in [9.17, 15) is 0 Å². The molecule has 0 N–H and O–H groups in total. The summed E-state index contributed by atoms with van der Waals surface area (Å²) >= 11 is 1.71. The summed E-state index contributed by atoms with van der Waals surface area (Å²) in [5.41, 5.74) is 0.918. The largest absolute Gasteiger partial charge is 0.481 e. The molecule has 2 aromatic carbocycles. The Labute approximate surface area is 176 Å². The lowest BCUT2D eigenvalue weighted by Crippen LogP contribution is -2.35. The van der Waals surface area contributed by atoms with Crippen molar-refractivity contribution < 1.29 is 14.2 Å². The van der Waals surface area contributed by atoms with E-state index >= 15 is 0 Å². The first-order chi connectivity index (χ1) is 14.2. The van der Waals surface area contributed by atoms with Gasteiger partial charge in [0, 0.05) is 18.9 Å². The van der Waals surface area contributed by atoms with Crippen LogP contribution in [0.15, 0.2) is 54.6 Å². The van der Waals surface area contributed by atoms with E-state index in [-0.39, 0.29) is 5.60 Å². The Hall–Kier alpha value is -2.32. The Kier molecular flexibility index (Phi) is 6.20. The molecule has 0 atom stereocenters. The van der Waals surface area contributed by atoms with Crippen LogP contribution in [0.1, 0.15) is 36.1 Å². The predicted molar refractivity (Wildman–Crippen MR) is 119 cm³/mol. The monoisotopic (exact) mass is 406 g/mol. The fraction of sp³-hybridized carbons (Fsp3) is 0.360. The van der Waals surface area contributed by atoms with Crippen molar-refractivity contribution >= 4 is 21.4 Å². The van der Waals surface area contributed by atoms with E-state index in [4.69, 9.17) is 14.2 Å². The maximum absolute atomic E-state index is 5.99. The number of hydrogen-bond acceptors (Lipinski definition) is 4. The van der Waals surface area contributed by atoms with Gasteiger partial charge in [-0.25, -0.2) is 0 Å². The van der Waals surface area contributed by atoms with Crippen molar-refractivity contribution in [3.05, 3.63) is 65.0 Å². The summed E-state index contributed by atoms with van der Waals surface area (Å²) in [7, 11) is 3.59. The van der Waals surface area contributed by atoms with Crippen LogP contribution >= 0.6 is 11.3 Å². The van der Waals surface area contributed by atoms with E-state index in [2.05, 4.69) is 54.3 Å². The minimum Gasteiger partial charge on any atom is -0.481 e. The standard InChI is InChI=1S/C25H26O3S/c1-26-21-12-14-25(27-2,15-13-21)20-8-5-9-22(18-20)28-16-6-10-23-17-19-7-3-4-11-24(19)29-23/h3-5,7-9,11,17-18,21H,12-16H2,1-2H3/t21-,25+. The Morgan fingerprint density at radius 1 is 1.03 bits per heavy atom. The highest BCUT2D eigenvalue weighted by Crippen LogP contribution is 2.41. The lowest BCUT2D eigenvalue weighted by molar-refractivity contribution is -0.0762. The van der Waals surface area contributed by atoms with E-state index in [1.165, 1.54) is 15.6 Å². The lowest BCUT2D eigenvalue weighted by atomic mass is 9.78. The van der Waals surface area contributed by atoms with Gasteiger partial charge in [0.05, 0.1) is 16.6 Å². The maximum atomic E-state index is 5.99. The van der Waals surface area contributed by atoms with Gasteiger partial charge in [0.25, 0.3) is 0 Å². The molecule has 1 aliphatic rings. The predicted octanol–water partition coefficient (Wildman–Crippen LogP) is 5.76. The first-order valence-corrected chi connectivity index (χ1v) is 10.8. The Morgan fingerprint density at radius 2 is 1.86 bits per heavy atom. The molecular weight excluding hydrogens is 380 g/mol. The Morgan fingerprint density at radius 3 is 2.62 bits per heavy atom. The molecule has 4 rings (SSSR count). The van der Waals surface area contributed by atoms with Crippen molar-refractivity contribution in [1.82, 2.24) is 0 Å². The SMILES string of the molecule is CO[C@H]1CC[C@](OC)(c2cccc(OCC#Cc3cc4ccccc4s3)c2)CC1. The fourth-order valence-corrected chi connectivity index (χ4v) is 5.00.